The van der Waals surface area contributed by atoms with Crippen LogP contribution in [0.5, 0.6) is 11.5 Å². The second-order valence-corrected chi connectivity index (χ2v) is 10.6. The van der Waals surface area contributed by atoms with Crippen molar-refractivity contribution in [3.63, 3.8) is 0 Å². The second-order valence-electron chi connectivity index (χ2n) is 10.6. The normalized spacial score (nSPS) is 10.9. The van der Waals surface area contributed by atoms with E-state index in [9.17, 15) is 9.59 Å². The van der Waals surface area contributed by atoms with Gasteiger partial charge in [-0.05, 0) is 58.7 Å². The van der Waals surface area contributed by atoms with Crippen molar-refractivity contribution in [1.82, 2.24) is 0 Å². The molecule has 0 heterocycles. The Morgan fingerprint density at radius 1 is 0.500 bits per heavy atom. The Bertz CT molecular complexity index is 1850. The molecule has 230 valence electrons. The average molecular weight is 611 g/mol. The number of carbonyl (C=O) groups is 2. The molecule has 0 aliphatic rings. The molecule has 6 aromatic carbocycles. The van der Waals surface area contributed by atoms with Gasteiger partial charge in [0.15, 0.2) is 13.2 Å². The molecule has 6 nitrogen and oxygen atoms in total. The van der Waals surface area contributed by atoms with Gasteiger partial charge in [0.05, 0.1) is 13.2 Å². The Morgan fingerprint density at radius 3 is 1.26 bits per heavy atom. The molecule has 0 aliphatic carbocycles. The van der Waals surface area contributed by atoms with Crippen molar-refractivity contribution in [3.8, 4) is 44.9 Å². The lowest BCUT2D eigenvalue weighted by atomic mass is 9.86. The van der Waals surface area contributed by atoms with Crippen LogP contribution in [0, 0.1) is 0 Å². The van der Waals surface area contributed by atoms with Crippen LogP contribution in [0.4, 0.5) is 0 Å². The summed E-state index contributed by atoms with van der Waals surface area (Å²) in [6.07, 6.45) is 0. The molecule has 0 aliphatic heterocycles. The second kappa shape index (κ2) is 14.0. The van der Waals surface area contributed by atoms with Crippen LogP contribution in [0.3, 0.4) is 0 Å². The predicted molar refractivity (Wildman–Crippen MR) is 182 cm³/mol. The zero-order valence-corrected chi connectivity index (χ0v) is 25.8. The first-order valence-electron chi connectivity index (χ1n) is 15.4. The van der Waals surface area contributed by atoms with E-state index in [1.165, 1.54) is 0 Å². The van der Waals surface area contributed by atoms with Crippen LogP contribution in [0.1, 0.15) is 13.8 Å². The average Bonchev–Trinajstić information content (AvgIpc) is 3.10. The number of esters is 2. The monoisotopic (exact) mass is 610 g/mol. The van der Waals surface area contributed by atoms with Crippen molar-refractivity contribution < 1.29 is 28.5 Å². The molecule has 0 aromatic heterocycles. The van der Waals surface area contributed by atoms with Crippen molar-refractivity contribution in [2.75, 3.05) is 26.4 Å². The van der Waals surface area contributed by atoms with Crippen molar-refractivity contribution >= 4 is 33.5 Å². The molecule has 6 heteroatoms. The minimum absolute atomic E-state index is 0.244. The van der Waals surface area contributed by atoms with Gasteiger partial charge in [-0.1, -0.05) is 109 Å². The lowest BCUT2D eigenvalue weighted by Gasteiger charge is -2.24. The van der Waals surface area contributed by atoms with E-state index in [4.69, 9.17) is 18.9 Å². The highest BCUT2D eigenvalue weighted by Gasteiger charge is 2.26. The SMILES string of the molecule is CCOC(=O)COc1c(-c2ccccc2)cc2ccccc2c1-c1c(OCC(=O)OCC)c(-c2ccccc2)cc2ccccc12. The van der Waals surface area contributed by atoms with Gasteiger partial charge in [-0.2, -0.15) is 0 Å². The summed E-state index contributed by atoms with van der Waals surface area (Å²) in [5.74, 6) is 0.0770. The smallest absolute Gasteiger partial charge is 0.344 e. The van der Waals surface area contributed by atoms with Gasteiger partial charge in [0.25, 0.3) is 0 Å². The molecule has 6 rings (SSSR count). The molecule has 6 aromatic rings. The molecular formula is C40H34O6. The third-order valence-corrected chi connectivity index (χ3v) is 7.70. The zero-order chi connectivity index (χ0) is 31.9. The van der Waals surface area contributed by atoms with Crippen molar-refractivity contribution in [2.45, 2.75) is 13.8 Å². The van der Waals surface area contributed by atoms with E-state index in [0.717, 1.165) is 54.9 Å². The lowest BCUT2D eigenvalue weighted by Crippen LogP contribution is -2.16. The van der Waals surface area contributed by atoms with Crippen LogP contribution in [0.2, 0.25) is 0 Å². The van der Waals surface area contributed by atoms with Gasteiger partial charge in [0.2, 0.25) is 0 Å². The van der Waals surface area contributed by atoms with Gasteiger partial charge in [-0.25, -0.2) is 9.59 Å². The quantitative estimate of drug-likeness (QED) is 0.137. The summed E-state index contributed by atoms with van der Waals surface area (Å²) in [6, 6.07) is 40.2. The Kier molecular flexibility index (Phi) is 9.25. The van der Waals surface area contributed by atoms with E-state index in [0.29, 0.717) is 11.5 Å². The maximum atomic E-state index is 12.7. The van der Waals surface area contributed by atoms with Crippen molar-refractivity contribution in [2.24, 2.45) is 0 Å². The van der Waals surface area contributed by atoms with Crippen LogP contribution >= 0.6 is 0 Å². The van der Waals surface area contributed by atoms with E-state index in [1.807, 2.05) is 97.1 Å². The van der Waals surface area contributed by atoms with E-state index in [2.05, 4.69) is 24.3 Å². The summed E-state index contributed by atoms with van der Waals surface area (Å²) < 4.78 is 23.5. The first-order chi connectivity index (χ1) is 22.6. The molecule has 0 bridgehead atoms. The molecule has 0 radical (unpaired) electrons. The Hall–Kier alpha value is -5.62. The zero-order valence-electron chi connectivity index (χ0n) is 25.8. The summed E-state index contributed by atoms with van der Waals surface area (Å²) in [5.41, 5.74) is 4.95. The van der Waals surface area contributed by atoms with Crippen LogP contribution < -0.4 is 9.47 Å². The number of rotatable bonds is 11. The Balaban J connectivity index is 1.74. The van der Waals surface area contributed by atoms with E-state index in [1.54, 1.807) is 13.8 Å². The molecule has 0 atom stereocenters. The topological polar surface area (TPSA) is 71.1 Å². The lowest BCUT2D eigenvalue weighted by molar-refractivity contribution is -0.146. The molecular weight excluding hydrogens is 576 g/mol. The van der Waals surface area contributed by atoms with Gasteiger partial charge in [0.1, 0.15) is 11.5 Å². The van der Waals surface area contributed by atoms with Crippen LogP contribution in [0.25, 0.3) is 54.9 Å². The standard InChI is InChI=1S/C40H34O6/c1-3-43-35(41)25-45-39-33(27-15-7-5-8-16-27)23-29-19-11-13-21-31(29)37(39)38-32-22-14-12-20-30(32)24-34(28-17-9-6-10-18-28)40(38)46-26-36(42)44-4-2/h5-24H,3-4,25-26H2,1-2H3. The van der Waals surface area contributed by atoms with E-state index < -0.39 is 11.9 Å². The van der Waals surface area contributed by atoms with Crippen molar-refractivity contribution in [1.29, 1.82) is 0 Å². The van der Waals surface area contributed by atoms with Gasteiger partial charge in [-0.3, -0.25) is 0 Å². The van der Waals surface area contributed by atoms with Crippen LogP contribution in [-0.2, 0) is 19.1 Å². The summed E-state index contributed by atoms with van der Waals surface area (Å²) in [4.78, 5) is 25.4. The Morgan fingerprint density at radius 2 is 0.870 bits per heavy atom. The number of benzene rings is 6. The van der Waals surface area contributed by atoms with Gasteiger partial charge < -0.3 is 18.9 Å². The predicted octanol–water partition coefficient (Wildman–Crippen LogP) is 8.88. The number of fused-ring (bicyclic) bond motifs is 2. The van der Waals surface area contributed by atoms with E-state index in [-0.39, 0.29) is 26.4 Å². The fourth-order valence-electron chi connectivity index (χ4n) is 5.79. The number of carbonyl (C=O) groups excluding carboxylic acids is 2. The van der Waals surface area contributed by atoms with E-state index >= 15 is 0 Å². The summed E-state index contributed by atoms with van der Waals surface area (Å²) in [5, 5.41) is 3.76. The summed E-state index contributed by atoms with van der Waals surface area (Å²) in [7, 11) is 0. The molecule has 0 unspecified atom stereocenters. The minimum Gasteiger partial charge on any atom is -0.481 e. The largest absolute Gasteiger partial charge is 0.481 e. The Labute approximate surface area is 268 Å². The van der Waals surface area contributed by atoms with Gasteiger partial charge in [-0.15, -0.1) is 0 Å². The fourth-order valence-corrected chi connectivity index (χ4v) is 5.79. The number of hydrogen-bond acceptors (Lipinski definition) is 6. The molecule has 0 N–H and O–H groups in total. The third-order valence-electron chi connectivity index (χ3n) is 7.70. The van der Waals surface area contributed by atoms with Crippen molar-refractivity contribution in [3.05, 3.63) is 121 Å². The molecule has 0 fully saturated rings. The van der Waals surface area contributed by atoms with Gasteiger partial charge >= 0.3 is 11.9 Å². The maximum absolute atomic E-state index is 12.7. The first kappa shape index (κ1) is 30.4. The molecule has 0 saturated heterocycles. The molecule has 46 heavy (non-hydrogen) atoms. The first-order valence-corrected chi connectivity index (χ1v) is 15.4. The molecule has 0 saturated carbocycles. The van der Waals surface area contributed by atoms with Crippen LogP contribution in [-0.4, -0.2) is 38.4 Å². The highest BCUT2D eigenvalue weighted by atomic mass is 16.6. The maximum Gasteiger partial charge on any atom is 0.344 e. The number of hydrogen-bond donors (Lipinski definition) is 0. The minimum atomic E-state index is -0.470. The van der Waals surface area contributed by atoms with Gasteiger partial charge in [0, 0.05) is 22.3 Å². The van der Waals surface area contributed by atoms with Crippen LogP contribution in [0.15, 0.2) is 121 Å². The highest BCUT2D eigenvalue weighted by Crippen LogP contribution is 2.52. The molecule has 0 spiro atoms. The molecule has 0 amide bonds. The third kappa shape index (κ3) is 6.28. The highest BCUT2D eigenvalue weighted by molar-refractivity contribution is 6.14. The summed E-state index contributed by atoms with van der Waals surface area (Å²) >= 11 is 0. The fraction of sp³-hybridized carbons (Fsp3) is 0.150. The summed E-state index contributed by atoms with van der Waals surface area (Å²) in [6.45, 7) is 3.46. The number of ether oxygens (including phenoxy) is 4.